The molecule has 0 unspecified atom stereocenters. The van der Waals surface area contributed by atoms with Crippen molar-refractivity contribution in [3.05, 3.63) is 47.6 Å². The summed E-state index contributed by atoms with van der Waals surface area (Å²) in [5, 5.41) is 3.97. The van der Waals surface area contributed by atoms with E-state index in [1.54, 1.807) is 0 Å². The molecule has 2 aromatic rings. The maximum absolute atomic E-state index is 12.1. The molecule has 2 heterocycles. The zero-order valence-corrected chi connectivity index (χ0v) is 13.6. The van der Waals surface area contributed by atoms with Gasteiger partial charge in [0.1, 0.15) is 0 Å². The Morgan fingerprint density at radius 1 is 1.30 bits per heavy atom. The van der Waals surface area contributed by atoms with Gasteiger partial charge in [-0.3, -0.25) is 4.79 Å². The van der Waals surface area contributed by atoms with Crippen molar-refractivity contribution >= 4 is 5.91 Å². The third-order valence-corrected chi connectivity index (χ3v) is 4.39. The predicted octanol–water partition coefficient (Wildman–Crippen LogP) is 2.97. The molecule has 3 rings (SSSR count). The maximum atomic E-state index is 12.1. The second-order valence-electron chi connectivity index (χ2n) is 6.07. The lowest BCUT2D eigenvalue weighted by Crippen LogP contribution is -2.39. The summed E-state index contributed by atoms with van der Waals surface area (Å²) in [6.45, 7) is 3.49. The average molecular weight is 313 g/mol. The summed E-state index contributed by atoms with van der Waals surface area (Å²) in [6.07, 6.45) is 4.12. The van der Waals surface area contributed by atoms with Gasteiger partial charge in [-0.15, -0.1) is 0 Å². The molecule has 1 aromatic heterocycles. The number of amides is 1. The molecule has 1 aromatic carbocycles. The van der Waals surface area contributed by atoms with Crippen LogP contribution in [-0.4, -0.2) is 34.0 Å². The van der Waals surface area contributed by atoms with E-state index in [-0.39, 0.29) is 11.8 Å². The third kappa shape index (κ3) is 3.97. The van der Waals surface area contributed by atoms with E-state index < -0.39 is 0 Å². The lowest BCUT2D eigenvalue weighted by molar-refractivity contribution is -0.134. The predicted molar refractivity (Wildman–Crippen MR) is 87.0 cm³/mol. The highest BCUT2D eigenvalue weighted by Crippen LogP contribution is 2.26. The second-order valence-corrected chi connectivity index (χ2v) is 6.07. The van der Waals surface area contributed by atoms with Crippen LogP contribution in [0.25, 0.3) is 0 Å². The van der Waals surface area contributed by atoms with Gasteiger partial charge in [0.2, 0.25) is 11.8 Å². The number of piperidine rings is 1. The van der Waals surface area contributed by atoms with Gasteiger partial charge in [-0.05, 0) is 24.8 Å². The molecule has 0 bridgehead atoms. The number of carbonyl (C=O) groups excluding carboxylic acids is 1. The number of hydrogen-bond donors (Lipinski definition) is 0. The molecule has 5 heteroatoms. The van der Waals surface area contributed by atoms with Crippen LogP contribution in [0.4, 0.5) is 0 Å². The van der Waals surface area contributed by atoms with Gasteiger partial charge in [0.15, 0.2) is 5.82 Å². The van der Waals surface area contributed by atoms with Crippen LogP contribution in [0.3, 0.4) is 0 Å². The largest absolute Gasteiger partial charge is 0.342 e. The quantitative estimate of drug-likeness (QED) is 0.822. The summed E-state index contributed by atoms with van der Waals surface area (Å²) in [5.41, 5.74) is 1.32. The highest BCUT2D eigenvalue weighted by atomic mass is 16.5. The van der Waals surface area contributed by atoms with Crippen LogP contribution in [0.15, 0.2) is 34.9 Å². The van der Waals surface area contributed by atoms with Crippen LogP contribution in [0, 0.1) is 0 Å². The van der Waals surface area contributed by atoms with Gasteiger partial charge >= 0.3 is 0 Å². The highest BCUT2D eigenvalue weighted by molar-refractivity contribution is 5.77. The van der Waals surface area contributed by atoms with Gasteiger partial charge in [-0.1, -0.05) is 42.4 Å². The number of nitrogens with zero attached hydrogens (tertiary/aromatic N) is 3. The lowest BCUT2D eigenvalue weighted by Gasteiger charge is -2.31. The van der Waals surface area contributed by atoms with Gasteiger partial charge < -0.3 is 9.42 Å². The SMILES string of the molecule is CCc1noc([C@@H]2CCC(=O)N(CCCc3ccccc3)C2)n1. The molecule has 122 valence electrons. The van der Waals surface area contributed by atoms with Crippen LogP contribution in [0.5, 0.6) is 0 Å². The van der Waals surface area contributed by atoms with Crippen molar-refractivity contribution in [2.75, 3.05) is 13.1 Å². The zero-order chi connectivity index (χ0) is 16.1. The Labute approximate surface area is 136 Å². The van der Waals surface area contributed by atoms with E-state index in [0.717, 1.165) is 38.1 Å². The van der Waals surface area contributed by atoms with Crippen molar-refractivity contribution < 1.29 is 9.32 Å². The van der Waals surface area contributed by atoms with Crippen LogP contribution in [0.1, 0.15) is 49.4 Å². The van der Waals surface area contributed by atoms with Crippen molar-refractivity contribution in [2.24, 2.45) is 0 Å². The normalized spacial score (nSPS) is 18.4. The standard InChI is InChI=1S/C18H23N3O2/c1-2-16-19-18(23-20-16)15-10-11-17(22)21(13-15)12-6-9-14-7-4-3-5-8-14/h3-5,7-8,15H,2,6,9-13H2,1H3/t15-/m1/s1. The van der Waals surface area contributed by atoms with Crippen molar-refractivity contribution in [1.82, 2.24) is 15.0 Å². The Bertz CT molecular complexity index is 639. The zero-order valence-electron chi connectivity index (χ0n) is 13.6. The summed E-state index contributed by atoms with van der Waals surface area (Å²) in [6, 6.07) is 10.4. The van der Waals surface area contributed by atoms with Crippen LogP contribution in [-0.2, 0) is 17.6 Å². The van der Waals surface area contributed by atoms with E-state index in [0.29, 0.717) is 18.9 Å². The molecule has 1 fully saturated rings. The fourth-order valence-electron chi connectivity index (χ4n) is 3.03. The van der Waals surface area contributed by atoms with Crippen molar-refractivity contribution in [2.45, 2.75) is 44.9 Å². The molecule has 1 aliphatic heterocycles. The Hall–Kier alpha value is -2.17. The molecule has 23 heavy (non-hydrogen) atoms. The molecular formula is C18H23N3O2. The molecule has 1 saturated heterocycles. The first-order valence-corrected chi connectivity index (χ1v) is 8.40. The van der Waals surface area contributed by atoms with E-state index in [1.807, 2.05) is 17.9 Å². The lowest BCUT2D eigenvalue weighted by atomic mass is 9.97. The number of carbonyl (C=O) groups is 1. The molecule has 1 atom stereocenters. The molecule has 0 N–H and O–H groups in total. The molecular weight excluding hydrogens is 290 g/mol. The third-order valence-electron chi connectivity index (χ3n) is 4.39. The molecule has 5 nitrogen and oxygen atoms in total. The van der Waals surface area contributed by atoms with Gasteiger partial charge in [0, 0.05) is 25.9 Å². The minimum Gasteiger partial charge on any atom is -0.342 e. The molecule has 0 spiro atoms. The van der Waals surface area contributed by atoms with Crippen molar-refractivity contribution in [3.63, 3.8) is 0 Å². The smallest absolute Gasteiger partial charge is 0.231 e. The number of likely N-dealkylation sites (tertiary alicyclic amines) is 1. The molecule has 0 radical (unpaired) electrons. The van der Waals surface area contributed by atoms with Gasteiger partial charge in [0.05, 0.1) is 5.92 Å². The van der Waals surface area contributed by atoms with Crippen LogP contribution < -0.4 is 0 Å². The average Bonchev–Trinajstić information content (AvgIpc) is 3.07. The summed E-state index contributed by atoms with van der Waals surface area (Å²) in [7, 11) is 0. The molecule has 1 aliphatic rings. The van der Waals surface area contributed by atoms with E-state index >= 15 is 0 Å². The Balaban J connectivity index is 1.54. The van der Waals surface area contributed by atoms with Crippen LogP contribution in [0.2, 0.25) is 0 Å². The second kappa shape index (κ2) is 7.40. The summed E-state index contributed by atoms with van der Waals surface area (Å²) in [4.78, 5) is 18.5. The first-order chi connectivity index (χ1) is 11.3. The van der Waals surface area contributed by atoms with E-state index in [4.69, 9.17) is 4.52 Å². The number of hydrogen-bond acceptors (Lipinski definition) is 4. The van der Waals surface area contributed by atoms with Gasteiger partial charge in [0.25, 0.3) is 0 Å². The fraction of sp³-hybridized carbons (Fsp3) is 0.500. The van der Waals surface area contributed by atoms with Gasteiger partial charge in [-0.2, -0.15) is 4.98 Å². The van der Waals surface area contributed by atoms with E-state index in [9.17, 15) is 4.79 Å². The Morgan fingerprint density at radius 2 is 2.13 bits per heavy atom. The minimum absolute atomic E-state index is 0.178. The van der Waals surface area contributed by atoms with Crippen molar-refractivity contribution in [1.29, 1.82) is 0 Å². The Morgan fingerprint density at radius 3 is 2.87 bits per heavy atom. The number of aromatic nitrogens is 2. The highest BCUT2D eigenvalue weighted by Gasteiger charge is 2.29. The maximum Gasteiger partial charge on any atom is 0.231 e. The van der Waals surface area contributed by atoms with E-state index in [2.05, 4.69) is 34.4 Å². The molecule has 0 aliphatic carbocycles. The first-order valence-electron chi connectivity index (χ1n) is 8.40. The Kier molecular flexibility index (Phi) is 5.05. The number of benzene rings is 1. The summed E-state index contributed by atoms with van der Waals surface area (Å²) < 4.78 is 5.35. The molecule has 1 amide bonds. The van der Waals surface area contributed by atoms with Crippen LogP contribution >= 0.6 is 0 Å². The minimum atomic E-state index is 0.178. The van der Waals surface area contributed by atoms with E-state index in [1.165, 1.54) is 5.56 Å². The number of rotatable bonds is 6. The number of aryl methyl sites for hydroxylation is 2. The topological polar surface area (TPSA) is 59.2 Å². The summed E-state index contributed by atoms with van der Waals surface area (Å²) in [5.74, 6) is 1.84. The van der Waals surface area contributed by atoms with Gasteiger partial charge in [-0.25, -0.2) is 0 Å². The molecule has 0 saturated carbocycles. The first kappa shape index (κ1) is 15.7. The van der Waals surface area contributed by atoms with Crippen molar-refractivity contribution in [3.8, 4) is 0 Å². The summed E-state index contributed by atoms with van der Waals surface area (Å²) >= 11 is 0. The fourth-order valence-corrected chi connectivity index (χ4v) is 3.03. The monoisotopic (exact) mass is 313 g/mol.